The topological polar surface area (TPSA) is 55.4 Å². The number of sulfonamides is 1. The van der Waals surface area contributed by atoms with Crippen LogP contribution in [0.3, 0.4) is 0 Å². The minimum absolute atomic E-state index is 0.0726. The van der Waals surface area contributed by atoms with Crippen molar-refractivity contribution in [3.05, 3.63) is 28.5 Å². The van der Waals surface area contributed by atoms with Crippen molar-refractivity contribution in [2.45, 2.75) is 37.7 Å². The molecule has 0 aliphatic carbocycles. The summed E-state index contributed by atoms with van der Waals surface area (Å²) in [6, 6.07) is 3.73. The average Bonchev–Trinajstić information content (AvgIpc) is 2.36. The van der Waals surface area contributed by atoms with Gasteiger partial charge in [-0.15, -0.1) is 0 Å². The van der Waals surface area contributed by atoms with Crippen LogP contribution in [0.25, 0.3) is 0 Å². The maximum absolute atomic E-state index is 13.3. The summed E-state index contributed by atoms with van der Waals surface area (Å²) in [6.45, 7) is 4.81. The molecule has 7 heteroatoms. The monoisotopic (exact) mass is 367 g/mol. The molecule has 0 saturated heterocycles. The van der Waals surface area contributed by atoms with Crippen LogP contribution in [-0.4, -0.2) is 27.7 Å². The number of rotatable bonds is 8. The quantitative estimate of drug-likeness (QED) is 0.718. The first-order valence-corrected chi connectivity index (χ1v) is 8.67. The Morgan fingerprint density at radius 1 is 1.35 bits per heavy atom. The Kier molecular flexibility index (Phi) is 7.08. The standard InChI is InChI=1S/C13H19BrFNO3S/c1-10(2)19-8-4-3-7-16-20(17,18)11-5-6-12(14)13(15)9-11/h5-6,9-10,16H,3-4,7-8H2,1-2H3. The molecule has 0 aromatic heterocycles. The predicted octanol–water partition coefficient (Wildman–Crippen LogP) is 3.07. The van der Waals surface area contributed by atoms with Crippen molar-refractivity contribution in [1.82, 2.24) is 4.72 Å². The molecular formula is C13H19BrFNO3S. The molecule has 1 N–H and O–H groups in total. The molecule has 0 aliphatic rings. The van der Waals surface area contributed by atoms with Gasteiger partial charge in [-0.3, -0.25) is 0 Å². The van der Waals surface area contributed by atoms with Gasteiger partial charge >= 0.3 is 0 Å². The fourth-order valence-electron chi connectivity index (χ4n) is 1.48. The molecule has 0 aliphatic heterocycles. The summed E-state index contributed by atoms with van der Waals surface area (Å²) < 4.78 is 45.2. The average molecular weight is 368 g/mol. The fourth-order valence-corrected chi connectivity index (χ4v) is 2.81. The Hall–Kier alpha value is -0.500. The Morgan fingerprint density at radius 3 is 2.65 bits per heavy atom. The summed E-state index contributed by atoms with van der Waals surface area (Å²) in [5.41, 5.74) is 0. The first-order valence-electron chi connectivity index (χ1n) is 6.39. The molecule has 0 spiro atoms. The Labute approximate surface area is 127 Å². The van der Waals surface area contributed by atoms with Crippen LogP contribution >= 0.6 is 15.9 Å². The number of ether oxygens (including phenoxy) is 1. The van der Waals surface area contributed by atoms with Crippen LogP contribution in [0.2, 0.25) is 0 Å². The van der Waals surface area contributed by atoms with Gasteiger partial charge in [0.25, 0.3) is 0 Å². The molecular weight excluding hydrogens is 349 g/mol. The summed E-state index contributed by atoms with van der Waals surface area (Å²) in [5, 5.41) is 0. The summed E-state index contributed by atoms with van der Waals surface area (Å²) in [5.74, 6) is -0.599. The molecule has 0 atom stereocenters. The molecule has 0 unspecified atom stereocenters. The predicted molar refractivity (Wildman–Crippen MR) is 79.6 cm³/mol. The normalized spacial score (nSPS) is 12.1. The van der Waals surface area contributed by atoms with Gasteiger partial charge in [0.1, 0.15) is 5.82 Å². The minimum Gasteiger partial charge on any atom is -0.379 e. The highest BCUT2D eigenvalue weighted by molar-refractivity contribution is 9.10. The lowest BCUT2D eigenvalue weighted by atomic mass is 10.3. The largest absolute Gasteiger partial charge is 0.379 e. The number of hydrogen-bond donors (Lipinski definition) is 1. The van der Waals surface area contributed by atoms with Crippen LogP contribution in [0, 0.1) is 5.82 Å². The van der Waals surface area contributed by atoms with Gasteiger partial charge in [-0.1, -0.05) is 0 Å². The Morgan fingerprint density at radius 2 is 2.05 bits per heavy atom. The van der Waals surface area contributed by atoms with E-state index in [0.717, 1.165) is 12.5 Å². The maximum Gasteiger partial charge on any atom is 0.240 e. The molecule has 1 aromatic carbocycles. The number of halogens is 2. The zero-order chi connectivity index (χ0) is 15.2. The summed E-state index contributed by atoms with van der Waals surface area (Å²) >= 11 is 2.98. The van der Waals surface area contributed by atoms with Gasteiger partial charge in [-0.05, 0) is 60.8 Å². The van der Waals surface area contributed by atoms with Gasteiger partial charge in [0, 0.05) is 13.2 Å². The van der Waals surface area contributed by atoms with Crippen LogP contribution in [0.15, 0.2) is 27.6 Å². The smallest absolute Gasteiger partial charge is 0.240 e. The van der Waals surface area contributed by atoms with E-state index in [1.54, 1.807) is 0 Å². The first-order chi connectivity index (χ1) is 9.33. The van der Waals surface area contributed by atoms with E-state index in [4.69, 9.17) is 4.74 Å². The van der Waals surface area contributed by atoms with E-state index in [9.17, 15) is 12.8 Å². The molecule has 0 fully saturated rings. The van der Waals surface area contributed by atoms with Crippen molar-refractivity contribution in [3.8, 4) is 0 Å². The number of benzene rings is 1. The van der Waals surface area contributed by atoms with Crippen LogP contribution in [0.4, 0.5) is 4.39 Å². The van der Waals surface area contributed by atoms with Crippen LogP contribution in [-0.2, 0) is 14.8 Å². The van der Waals surface area contributed by atoms with E-state index < -0.39 is 15.8 Å². The Balaban J connectivity index is 2.43. The van der Waals surface area contributed by atoms with E-state index in [0.29, 0.717) is 19.6 Å². The van der Waals surface area contributed by atoms with Crippen molar-refractivity contribution < 1.29 is 17.5 Å². The molecule has 20 heavy (non-hydrogen) atoms. The van der Waals surface area contributed by atoms with Crippen molar-refractivity contribution >= 4 is 26.0 Å². The highest BCUT2D eigenvalue weighted by atomic mass is 79.9. The molecule has 114 valence electrons. The molecule has 0 amide bonds. The van der Waals surface area contributed by atoms with Crippen molar-refractivity contribution in [3.63, 3.8) is 0 Å². The van der Waals surface area contributed by atoms with E-state index in [1.807, 2.05) is 13.8 Å². The van der Waals surface area contributed by atoms with Gasteiger partial charge in [-0.2, -0.15) is 0 Å². The third-order valence-electron chi connectivity index (χ3n) is 2.52. The molecule has 0 bridgehead atoms. The second-order valence-electron chi connectivity index (χ2n) is 4.60. The lowest BCUT2D eigenvalue weighted by molar-refractivity contribution is 0.0762. The van der Waals surface area contributed by atoms with Gasteiger partial charge in [0.05, 0.1) is 15.5 Å². The number of hydrogen-bond acceptors (Lipinski definition) is 3. The van der Waals surface area contributed by atoms with Crippen LogP contribution in [0.5, 0.6) is 0 Å². The molecule has 0 saturated carbocycles. The first kappa shape index (κ1) is 17.6. The van der Waals surface area contributed by atoms with E-state index in [2.05, 4.69) is 20.7 Å². The zero-order valence-corrected chi connectivity index (χ0v) is 13.9. The molecule has 1 rings (SSSR count). The lowest BCUT2D eigenvalue weighted by Gasteiger charge is -2.09. The van der Waals surface area contributed by atoms with Gasteiger partial charge in [0.15, 0.2) is 0 Å². The van der Waals surface area contributed by atoms with E-state index in [1.165, 1.54) is 12.1 Å². The highest BCUT2D eigenvalue weighted by Crippen LogP contribution is 2.19. The second-order valence-corrected chi connectivity index (χ2v) is 7.22. The lowest BCUT2D eigenvalue weighted by Crippen LogP contribution is -2.25. The highest BCUT2D eigenvalue weighted by Gasteiger charge is 2.15. The zero-order valence-electron chi connectivity index (χ0n) is 11.5. The Bertz CT molecular complexity index is 534. The maximum atomic E-state index is 13.3. The summed E-state index contributed by atoms with van der Waals surface area (Å²) in [4.78, 5) is -0.0726. The van der Waals surface area contributed by atoms with E-state index >= 15 is 0 Å². The van der Waals surface area contributed by atoms with Crippen molar-refractivity contribution in [1.29, 1.82) is 0 Å². The van der Waals surface area contributed by atoms with Crippen molar-refractivity contribution in [2.75, 3.05) is 13.2 Å². The van der Waals surface area contributed by atoms with Gasteiger partial charge in [0.2, 0.25) is 10.0 Å². The van der Waals surface area contributed by atoms with Crippen LogP contribution < -0.4 is 4.72 Å². The second kappa shape index (κ2) is 8.07. The molecule has 0 radical (unpaired) electrons. The molecule has 4 nitrogen and oxygen atoms in total. The minimum atomic E-state index is -3.65. The molecule has 0 heterocycles. The van der Waals surface area contributed by atoms with Crippen molar-refractivity contribution in [2.24, 2.45) is 0 Å². The van der Waals surface area contributed by atoms with Gasteiger partial charge < -0.3 is 4.74 Å². The summed E-state index contributed by atoms with van der Waals surface area (Å²) in [7, 11) is -3.65. The fraction of sp³-hybridized carbons (Fsp3) is 0.538. The van der Waals surface area contributed by atoms with E-state index in [-0.39, 0.29) is 15.5 Å². The summed E-state index contributed by atoms with van der Waals surface area (Å²) in [6.07, 6.45) is 1.62. The van der Waals surface area contributed by atoms with Crippen LogP contribution in [0.1, 0.15) is 26.7 Å². The SMILES string of the molecule is CC(C)OCCCCNS(=O)(=O)c1ccc(Br)c(F)c1. The third-order valence-corrected chi connectivity index (χ3v) is 4.62. The number of nitrogens with one attached hydrogen (secondary N) is 1. The molecule has 1 aromatic rings. The third kappa shape index (κ3) is 5.87. The van der Waals surface area contributed by atoms with Gasteiger partial charge in [-0.25, -0.2) is 17.5 Å². The number of unbranched alkanes of at least 4 members (excludes halogenated alkanes) is 1.